The van der Waals surface area contributed by atoms with Crippen LogP contribution in [0.15, 0.2) is 42.5 Å². The number of hydrogen-bond donors (Lipinski definition) is 3. The number of methoxy groups -OCH3 is 1. The highest BCUT2D eigenvalue weighted by atomic mass is 16.5. The summed E-state index contributed by atoms with van der Waals surface area (Å²) in [5.74, 6) is 0.352. The number of amides is 1. The summed E-state index contributed by atoms with van der Waals surface area (Å²) in [4.78, 5) is 20.1. The Morgan fingerprint density at radius 3 is 2.63 bits per heavy atom. The van der Waals surface area contributed by atoms with Gasteiger partial charge in [-0.05, 0) is 36.8 Å². The van der Waals surface area contributed by atoms with Gasteiger partial charge in [0.1, 0.15) is 17.5 Å². The predicted molar refractivity (Wildman–Crippen MR) is 113 cm³/mol. The van der Waals surface area contributed by atoms with Gasteiger partial charge in [0.15, 0.2) is 18.1 Å². The molecule has 3 rings (SSSR count). The minimum Gasteiger partial charge on any atom is -0.493 e. The Hall–Kier alpha value is -4.32. The number of carbonyl (C=O) groups is 1. The number of rotatable bonds is 6. The number of anilines is 3. The van der Waals surface area contributed by atoms with Gasteiger partial charge in [-0.2, -0.15) is 10.2 Å². The fraction of sp³-hybridized carbons (Fsp3) is 0.143. The number of aryl methyl sites for hydroxylation is 1. The van der Waals surface area contributed by atoms with Crippen LogP contribution >= 0.6 is 0 Å². The maximum Gasteiger partial charge on any atom is 0.262 e. The van der Waals surface area contributed by atoms with Gasteiger partial charge in [-0.25, -0.2) is 4.98 Å². The minimum atomic E-state index is -0.307. The van der Waals surface area contributed by atoms with Crippen LogP contribution in [0.2, 0.25) is 0 Å². The monoisotopic (exact) mass is 404 g/mol. The molecule has 0 spiro atoms. The summed E-state index contributed by atoms with van der Waals surface area (Å²) in [5, 5.41) is 12.2. The van der Waals surface area contributed by atoms with Crippen LogP contribution < -0.4 is 26.3 Å². The smallest absolute Gasteiger partial charge is 0.262 e. The van der Waals surface area contributed by atoms with E-state index in [4.69, 9.17) is 20.9 Å². The zero-order valence-electron chi connectivity index (χ0n) is 16.5. The zero-order valence-corrected chi connectivity index (χ0v) is 16.5. The van der Waals surface area contributed by atoms with Gasteiger partial charge in [-0.1, -0.05) is 18.2 Å². The van der Waals surface area contributed by atoms with Crippen LogP contribution in [0, 0.1) is 18.3 Å². The standard InChI is InChI=1S/C21H20N6O3/c1-12-5-3-4-6-15(12)25-18(28)11-30-16-8-7-13(9-17(16)29-2)19-14(10-22)20(23)27-21(24)26-19/h3-9H,11H2,1-2H3,(H,25,28)(H4,23,24,26,27). The van der Waals surface area contributed by atoms with Crippen LogP contribution in [0.3, 0.4) is 0 Å². The van der Waals surface area contributed by atoms with E-state index in [9.17, 15) is 10.1 Å². The molecule has 1 aromatic heterocycles. The number of nitrogens with one attached hydrogen (secondary N) is 1. The third kappa shape index (κ3) is 4.39. The summed E-state index contributed by atoms with van der Waals surface area (Å²) in [6.07, 6.45) is 0. The normalized spacial score (nSPS) is 10.2. The largest absolute Gasteiger partial charge is 0.493 e. The number of benzene rings is 2. The first-order chi connectivity index (χ1) is 14.4. The molecule has 0 saturated heterocycles. The Balaban J connectivity index is 1.79. The van der Waals surface area contributed by atoms with Gasteiger partial charge in [0.2, 0.25) is 5.95 Å². The number of ether oxygens (including phenoxy) is 2. The van der Waals surface area contributed by atoms with Crippen molar-refractivity contribution < 1.29 is 14.3 Å². The van der Waals surface area contributed by atoms with Gasteiger partial charge in [0, 0.05) is 11.3 Å². The second kappa shape index (κ2) is 8.79. The molecule has 5 N–H and O–H groups in total. The summed E-state index contributed by atoms with van der Waals surface area (Å²) >= 11 is 0. The summed E-state index contributed by atoms with van der Waals surface area (Å²) in [6, 6.07) is 14.3. The van der Waals surface area contributed by atoms with Crippen molar-refractivity contribution in [3.63, 3.8) is 0 Å². The molecule has 2 aromatic carbocycles. The van der Waals surface area contributed by atoms with Gasteiger partial charge >= 0.3 is 0 Å². The van der Waals surface area contributed by atoms with Crippen molar-refractivity contribution in [1.82, 2.24) is 9.97 Å². The molecule has 0 saturated carbocycles. The van der Waals surface area contributed by atoms with Crippen molar-refractivity contribution in [2.45, 2.75) is 6.92 Å². The first-order valence-corrected chi connectivity index (χ1v) is 8.92. The van der Waals surface area contributed by atoms with Crippen LogP contribution in [0.4, 0.5) is 17.5 Å². The van der Waals surface area contributed by atoms with E-state index in [1.165, 1.54) is 7.11 Å². The highest BCUT2D eigenvalue weighted by molar-refractivity contribution is 5.92. The molecule has 152 valence electrons. The van der Waals surface area contributed by atoms with Crippen molar-refractivity contribution in [1.29, 1.82) is 5.26 Å². The van der Waals surface area contributed by atoms with Crippen LogP contribution in [-0.4, -0.2) is 29.6 Å². The Labute approximate surface area is 173 Å². The number of hydrogen-bond acceptors (Lipinski definition) is 8. The zero-order chi connectivity index (χ0) is 21.7. The summed E-state index contributed by atoms with van der Waals surface area (Å²) < 4.78 is 11.0. The van der Waals surface area contributed by atoms with E-state index in [2.05, 4.69) is 15.3 Å². The van der Waals surface area contributed by atoms with Crippen LogP contribution in [0.1, 0.15) is 11.1 Å². The Morgan fingerprint density at radius 2 is 1.93 bits per heavy atom. The number of nitriles is 1. The minimum absolute atomic E-state index is 0.00725. The number of aromatic nitrogens is 2. The van der Waals surface area contributed by atoms with Crippen LogP contribution in [-0.2, 0) is 4.79 Å². The van der Waals surface area contributed by atoms with E-state index in [0.717, 1.165) is 11.3 Å². The molecule has 0 aliphatic heterocycles. The fourth-order valence-electron chi connectivity index (χ4n) is 2.79. The van der Waals surface area contributed by atoms with Crippen LogP contribution in [0.25, 0.3) is 11.3 Å². The first kappa shape index (κ1) is 20.4. The molecule has 1 amide bonds. The number of nitrogens with two attached hydrogens (primary N) is 2. The maximum atomic E-state index is 12.2. The Morgan fingerprint density at radius 1 is 1.17 bits per heavy atom. The van der Waals surface area contributed by atoms with Gasteiger partial charge in [0.05, 0.1) is 12.8 Å². The fourth-order valence-corrected chi connectivity index (χ4v) is 2.79. The predicted octanol–water partition coefficient (Wildman–Crippen LogP) is 2.51. The Bertz CT molecular complexity index is 1140. The first-order valence-electron chi connectivity index (χ1n) is 8.92. The molecule has 0 aliphatic rings. The average Bonchev–Trinajstić information content (AvgIpc) is 2.73. The number of para-hydroxylation sites is 1. The van der Waals surface area contributed by atoms with Crippen molar-refractivity contribution >= 4 is 23.4 Å². The average molecular weight is 404 g/mol. The molecule has 0 bridgehead atoms. The summed E-state index contributed by atoms with van der Waals surface area (Å²) in [5.41, 5.74) is 14.0. The van der Waals surface area contributed by atoms with E-state index in [1.807, 2.05) is 37.3 Å². The molecular formula is C21H20N6O3. The maximum absolute atomic E-state index is 12.2. The molecule has 0 fully saturated rings. The van der Waals surface area contributed by atoms with Crippen LogP contribution in [0.5, 0.6) is 11.5 Å². The highest BCUT2D eigenvalue weighted by Gasteiger charge is 2.16. The second-order valence-electron chi connectivity index (χ2n) is 6.32. The van der Waals surface area contributed by atoms with E-state index in [1.54, 1.807) is 18.2 Å². The lowest BCUT2D eigenvalue weighted by atomic mass is 10.1. The second-order valence-corrected chi connectivity index (χ2v) is 6.32. The number of nitrogens with zero attached hydrogens (tertiary/aromatic N) is 3. The molecule has 0 radical (unpaired) electrons. The third-order valence-electron chi connectivity index (χ3n) is 4.28. The molecule has 3 aromatic rings. The third-order valence-corrected chi connectivity index (χ3v) is 4.28. The van der Waals surface area contributed by atoms with E-state index in [0.29, 0.717) is 17.1 Å². The van der Waals surface area contributed by atoms with Crippen molar-refractivity contribution in [2.24, 2.45) is 0 Å². The molecular weight excluding hydrogens is 384 g/mol. The van der Waals surface area contributed by atoms with Gasteiger partial charge in [0.25, 0.3) is 5.91 Å². The van der Waals surface area contributed by atoms with E-state index in [-0.39, 0.29) is 35.5 Å². The SMILES string of the molecule is COc1cc(-c2nc(N)nc(N)c2C#N)ccc1OCC(=O)Nc1ccccc1C. The lowest BCUT2D eigenvalue weighted by Crippen LogP contribution is -2.20. The van der Waals surface area contributed by atoms with Crippen molar-refractivity contribution in [3.05, 3.63) is 53.6 Å². The molecule has 0 atom stereocenters. The molecule has 0 aliphatic carbocycles. The lowest BCUT2D eigenvalue weighted by molar-refractivity contribution is -0.118. The molecule has 0 unspecified atom stereocenters. The lowest BCUT2D eigenvalue weighted by Gasteiger charge is -2.13. The van der Waals surface area contributed by atoms with E-state index < -0.39 is 0 Å². The number of nitrogen functional groups attached to an aromatic ring is 2. The molecule has 30 heavy (non-hydrogen) atoms. The van der Waals surface area contributed by atoms with Gasteiger partial charge in [-0.15, -0.1) is 0 Å². The van der Waals surface area contributed by atoms with Gasteiger partial charge < -0.3 is 26.3 Å². The van der Waals surface area contributed by atoms with E-state index >= 15 is 0 Å². The van der Waals surface area contributed by atoms with Crippen molar-refractivity contribution in [3.8, 4) is 28.8 Å². The number of carbonyl (C=O) groups excluding carboxylic acids is 1. The summed E-state index contributed by atoms with van der Waals surface area (Å²) in [6.45, 7) is 1.70. The van der Waals surface area contributed by atoms with Crippen molar-refractivity contribution in [2.75, 3.05) is 30.5 Å². The summed E-state index contributed by atoms with van der Waals surface area (Å²) in [7, 11) is 1.47. The molecule has 1 heterocycles. The molecule has 9 nitrogen and oxygen atoms in total. The van der Waals surface area contributed by atoms with Gasteiger partial charge in [-0.3, -0.25) is 4.79 Å². The topological polar surface area (TPSA) is 149 Å². The quantitative estimate of drug-likeness (QED) is 0.567. The highest BCUT2D eigenvalue weighted by Crippen LogP contribution is 2.34. The Kier molecular flexibility index (Phi) is 5.98. The molecule has 9 heteroatoms.